The van der Waals surface area contributed by atoms with Crippen LogP contribution in [-0.4, -0.2) is 25.6 Å². The maximum atomic E-state index is 9.52. The van der Waals surface area contributed by atoms with Gasteiger partial charge in [0, 0.05) is 0 Å². The molecule has 0 bridgehead atoms. The molecule has 0 saturated carbocycles. The zero-order chi connectivity index (χ0) is 11.4. The molecule has 1 aromatic carbocycles. The minimum Gasteiger partial charge on any atom is -0.493 e. The highest BCUT2D eigenvalue weighted by Gasteiger charge is 2.13. The fourth-order valence-electron chi connectivity index (χ4n) is 1.34. The second-order valence-corrected chi connectivity index (χ2v) is 3.98. The Labute approximate surface area is 94.4 Å². The zero-order valence-corrected chi connectivity index (χ0v) is 10.2. The molecule has 1 unspecified atom stereocenters. The predicted molar refractivity (Wildman–Crippen MR) is 62.0 cm³/mol. The second kappa shape index (κ2) is 5.28. The van der Waals surface area contributed by atoms with E-state index >= 15 is 0 Å². The highest BCUT2D eigenvalue weighted by atomic mass is 32.2. The van der Waals surface area contributed by atoms with Crippen molar-refractivity contribution in [1.29, 1.82) is 0 Å². The number of benzene rings is 1. The molecular formula is C11H16O3S. The van der Waals surface area contributed by atoms with Gasteiger partial charge in [0.25, 0.3) is 0 Å². The molecule has 15 heavy (non-hydrogen) atoms. The highest BCUT2D eigenvalue weighted by Crippen LogP contribution is 2.39. The molecule has 0 aromatic heterocycles. The summed E-state index contributed by atoms with van der Waals surface area (Å²) in [6.45, 7) is 1.73. The van der Waals surface area contributed by atoms with Gasteiger partial charge in [0.1, 0.15) is 0 Å². The van der Waals surface area contributed by atoms with E-state index in [1.165, 1.54) is 0 Å². The third kappa shape index (κ3) is 2.58. The Hall–Kier alpha value is -0.870. The molecule has 0 aliphatic heterocycles. The summed E-state index contributed by atoms with van der Waals surface area (Å²) in [4.78, 5) is 0.966. The first-order valence-corrected chi connectivity index (χ1v) is 5.84. The number of ether oxygens (including phenoxy) is 2. The van der Waals surface area contributed by atoms with Crippen molar-refractivity contribution in [3.8, 4) is 11.5 Å². The van der Waals surface area contributed by atoms with Crippen molar-refractivity contribution >= 4 is 11.8 Å². The van der Waals surface area contributed by atoms with Gasteiger partial charge in [0.15, 0.2) is 11.5 Å². The molecule has 0 fully saturated rings. The summed E-state index contributed by atoms with van der Waals surface area (Å²) >= 11 is 1.56. The Morgan fingerprint density at radius 2 is 1.93 bits per heavy atom. The summed E-state index contributed by atoms with van der Waals surface area (Å²) in [5.41, 5.74) is 0.831. The van der Waals surface area contributed by atoms with Crippen molar-refractivity contribution in [2.45, 2.75) is 17.9 Å². The number of aliphatic hydroxyl groups is 1. The second-order valence-electron chi connectivity index (χ2n) is 3.13. The maximum Gasteiger partial charge on any atom is 0.174 e. The lowest BCUT2D eigenvalue weighted by Gasteiger charge is -2.14. The van der Waals surface area contributed by atoms with E-state index in [0.717, 1.165) is 16.2 Å². The largest absolute Gasteiger partial charge is 0.493 e. The van der Waals surface area contributed by atoms with Crippen molar-refractivity contribution in [3.63, 3.8) is 0 Å². The minimum absolute atomic E-state index is 0.504. The van der Waals surface area contributed by atoms with Gasteiger partial charge in [0.2, 0.25) is 0 Å². The van der Waals surface area contributed by atoms with E-state index < -0.39 is 6.10 Å². The molecule has 0 amide bonds. The van der Waals surface area contributed by atoms with E-state index in [1.54, 1.807) is 39.0 Å². The SMILES string of the molecule is COc1cc(C(C)O)cc(SC)c1OC. The van der Waals surface area contributed by atoms with Crippen LogP contribution in [0.15, 0.2) is 17.0 Å². The van der Waals surface area contributed by atoms with Gasteiger partial charge in [0.05, 0.1) is 25.2 Å². The van der Waals surface area contributed by atoms with Crippen LogP contribution >= 0.6 is 11.8 Å². The number of hydrogen-bond acceptors (Lipinski definition) is 4. The maximum absolute atomic E-state index is 9.52. The highest BCUT2D eigenvalue weighted by molar-refractivity contribution is 7.98. The number of methoxy groups -OCH3 is 2. The molecule has 1 aromatic rings. The first-order chi connectivity index (χ1) is 7.13. The minimum atomic E-state index is -0.504. The summed E-state index contributed by atoms with van der Waals surface area (Å²) in [6.07, 6.45) is 1.46. The van der Waals surface area contributed by atoms with Crippen molar-refractivity contribution < 1.29 is 14.6 Å². The average molecular weight is 228 g/mol. The van der Waals surface area contributed by atoms with Crippen LogP contribution in [-0.2, 0) is 0 Å². The number of rotatable bonds is 4. The van der Waals surface area contributed by atoms with Gasteiger partial charge < -0.3 is 14.6 Å². The molecule has 0 aliphatic rings. The van der Waals surface area contributed by atoms with Gasteiger partial charge in [-0.2, -0.15) is 0 Å². The quantitative estimate of drug-likeness (QED) is 0.803. The lowest BCUT2D eigenvalue weighted by Crippen LogP contribution is -1.97. The Bertz CT molecular complexity index is 312. The van der Waals surface area contributed by atoms with Crippen LogP contribution in [0.4, 0.5) is 0 Å². The Balaban J connectivity index is 3.29. The predicted octanol–water partition coefficient (Wildman–Crippen LogP) is 2.48. The van der Waals surface area contributed by atoms with Gasteiger partial charge in [-0.1, -0.05) is 0 Å². The Kier molecular flexibility index (Phi) is 4.29. The fourth-order valence-corrected chi connectivity index (χ4v) is 1.97. The van der Waals surface area contributed by atoms with Crippen LogP contribution in [0.5, 0.6) is 11.5 Å². The molecule has 0 aliphatic carbocycles. The normalized spacial score (nSPS) is 12.3. The third-order valence-corrected chi connectivity index (χ3v) is 2.91. The average Bonchev–Trinajstić information content (AvgIpc) is 2.26. The molecular weight excluding hydrogens is 212 g/mol. The Morgan fingerprint density at radius 3 is 2.33 bits per heavy atom. The molecule has 0 spiro atoms. The van der Waals surface area contributed by atoms with Gasteiger partial charge in [-0.25, -0.2) is 0 Å². The number of hydrogen-bond donors (Lipinski definition) is 1. The first kappa shape index (κ1) is 12.2. The first-order valence-electron chi connectivity index (χ1n) is 4.62. The summed E-state index contributed by atoms with van der Waals surface area (Å²) in [6, 6.07) is 3.71. The summed E-state index contributed by atoms with van der Waals surface area (Å²) in [5.74, 6) is 1.37. The lowest BCUT2D eigenvalue weighted by atomic mass is 10.1. The summed E-state index contributed by atoms with van der Waals surface area (Å²) in [7, 11) is 3.20. The Morgan fingerprint density at radius 1 is 1.27 bits per heavy atom. The van der Waals surface area contributed by atoms with E-state index in [4.69, 9.17) is 9.47 Å². The van der Waals surface area contributed by atoms with Crippen LogP contribution in [0.25, 0.3) is 0 Å². The van der Waals surface area contributed by atoms with Crippen LogP contribution < -0.4 is 9.47 Å². The van der Waals surface area contributed by atoms with E-state index in [1.807, 2.05) is 12.3 Å². The van der Waals surface area contributed by atoms with Gasteiger partial charge >= 0.3 is 0 Å². The van der Waals surface area contributed by atoms with Crippen LogP contribution in [0, 0.1) is 0 Å². The molecule has 0 heterocycles. The fraction of sp³-hybridized carbons (Fsp3) is 0.455. The van der Waals surface area contributed by atoms with Crippen molar-refractivity contribution in [2.24, 2.45) is 0 Å². The molecule has 3 nitrogen and oxygen atoms in total. The van der Waals surface area contributed by atoms with E-state index in [2.05, 4.69) is 0 Å². The third-order valence-electron chi connectivity index (χ3n) is 2.17. The topological polar surface area (TPSA) is 38.7 Å². The number of thioether (sulfide) groups is 1. The van der Waals surface area contributed by atoms with Crippen LogP contribution in [0.1, 0.15) is 18.6 Å². The van der Waals surface area contributed by atoms with Crippen molar-refractivity contribution in [2.75, 3.05) is 20.5 Å². The lowest BCUT2D eigenvalue weighted by molar-refractivity contribution is 0.198. The van der Waals surface area contributed by atoms with Crippen LogP contribution in [0.3, 0.4) is 0 Å². The summed E-state index contributed by atoms with van der Waals surface area (Å²) in [5, 5.41) is 9.52. The zero-order valence-electron chi connectivity index (χ0n) is 9.40. The molecule has 1 N–H and O–H groups in total. The van der Waals surface area contributed by atoms with E-state index in [-0.39, 0.29) is 0 Å². The van der Waals surface area contributed by atoms with Gasteiger partial charge in [-0.3, -0.25) is 0 Å². The van der Waals surface area contributed by atoms with Crippen LogP contribution in [0.2, 0.25) is 0 Å². The molecule has 0 saturated heterocycles. The summed E-state index contributed by atoms with van der Waals surface area (Å²) < 4.78 is 10.5. The smallest absolute Gasteiger partial charge is 0.174 e. The molecule has 4 heteroatoms. The molecule has 84 valence electrons. The monoisotopic (exact) mass is 228 g/mol. The standard InChI is InChI=1S/C11H16O3S/c1-7(12)8-5-9(13-2)11(14-3)10(6-8)15-4/h5-7,12H,1-4H3. The van der Waals surface area contributed by atoms with E-state index in [9.17, 15) is 5.11 Å². The molecule has 1 atom stereocenters. The van der Waals surface area contributed by atoms with E-state index in [0.29, 0.717) is 5.75 Å². The van der Waals surface area contributed by atoms with Gasteiger partial charge in [-0.05, 0) is 30.9 Å². The van der Waals surface area contributed by atoms with Crippen molar-refractivity contribution in [3.05, 3.63) is 17.7 Å². The molecule has 1 rings (SSSR count). The number of aliphatic hydroxyl groups excluding tert-OH is 1. The molecule has 0 radical (unpaired) electrons. The van der Waals surface area contributed by atoms with Gasteiger partial charge in [-0.15, -0.1) is 11.8 Å². The van der Waals surface area contributed by atoms with Crippen molar-refractivity contribution in [1.82, 2.24) is 0 Å².